The molecule has 0 aromatic rings. The number of rotatable bonds is 2. The molecule has 0 aliphatic carbocycles. The first kappa shape index (κ1) is 13.5. The van der Waals surface area contributed by atoms with E-state index in [1.54, 1.807) is 0 Å². The Balaban J connectivity index is 0. The zero-order valence-electron chi connectivity index (χ0n) is 4.32. The van der Waals surface area contributed by atoms with E-state index in [9.17, 15) is 9.13 Å². The average Bonchev–Trinajstić information content (AvgIpc) is 1.14. The van der Waals surface area contributed by atoms with Crippen molar-refractivity contribution >= 4 is 15.6 Å². The molecule has 0 radical (unpaired) electrons. The molecule has 0 heterocycles. The van der Waals surface area contributed by atoms with Crippen molar-refractivity contribution in [3.8, 4) is 0 Å². The molecular weight excluding hydrogens is 270 g/mol. The first-order chi connectivity index (χ1) is 3.71. The first-order valence-electron chi connectivity index (χ1n) is 1.53. The van der Waals surface area contributed by atoms with Crippen LogP contribution >= 0.6 is 15.6 Å². The van der Waals surface area contributed by atoms with E-state index in [4.69, 9.17) is 19.6 Å². The first-order valence-corrected chi connectivity index (χ1v) is 4.59. The minimum absolute atomic E-state index is 0. The Morgan fingerprint density at radius 3 is 1.10 bits per heavy atom. The van der Waals surface area contributed by atoms with E-state index in [1.165, 1.54) is 0 Å². The van der Waals surface area contributed by atoms with Gasteiger partial charge in [0.15, 0.2) is 0 Å². The van der Waals surface area contributed by atoms with E-state index in [0.29, 0.717) is 0 Å². The molecular formula is H4MoO7P2. The summed E-state index contributed by atoms with van der Waals surface area (Å²) in [5.74, 6) is 0. The zero-order chi connectivity index (χ0) is 7.71. The summed E-state index contributed by atoms with van der Waals surface area (Å²) in [6, 6.07) is 0. The summed E-state index contributed by atoms with van der Waals surface area (Å²) in [6.07, 6.45) is 0. The molecule has 7 nitrogen and oxygen atoms in total. The number of hydrogen-bond acceptors (Lipinski definition) is 3. The zero-order valence-corrected chi connectivity index (χ0v) is 8.11. The average molecular weight is 274 g/mol. The van der Waals surface area contributed by atoms with Crippen LogP contribution in [0.5, 0.6) is 0 Å². The summed E-state index contributed by atoms with van der Waals surface area (Å²) >= 11 is 0. The van der Waals surface area contributed by atoms with Crippen LogP contribution in [0.4, 0.5) is 0 Å². The van der Waals surface area contributed by atoms with Gasteiger partial charge in [0.2, 0.25) is 0 Å². The molecule has 0 fully saturated rings. The Morgan fingerprint density at radius 2 is 1.10 bits per heavy atom. The van der Waals surface area contributed by atoms with Crippen molar-refractivity contribution in [2.75, 3.05) is 0 Å². The maximum absolute atomic E-state index is 9.63. The predicted octanol–water partition coefficient (Wildman–Crippen LogP) is -0.814. The van der Waals surface area contributed by atoms with Gasteiger partial charge in [-0.25, -0.2) is 9.13 Å². The van der Waals surface area contributed by atoms with E-state index < -0.39 is 15.6 Å². The third kappa shape index (κ3) is 11.7. The van der Waals surface area contributed by atoms with Crippen LogP contribution in [0.25, 0.3) is 0 Å². The minimum atomic E-state index is -5.05. The van der Waals surface area contributed by atoms with Crippen LogP contribution in [0.15, 0.2) is 0 Å². The maximum atomic E-state index is 9.63. The Morgan fingerprint density at radius 1 is 0.900 bits per heavy atom. The fourth-order valence-corrected chi connectivity index (χ4v) is 1.25. The summed E-state index contributed by atoms with van der Waals surface area (Å²) in [4.78, 5) is 31.0. The van der Waals surface area contributed by atoms with Gasteiger partial charge in [-0.05, 0) is 0 Å². The van der Waals surface area contributed by atoms with Crippen LogP contribution in [-0.4, -0.2) is 19.6 Å². The monoisotopic (exact) mass is 276 g/mol. The van der Waals surface area contributed by atoms with Gasteiger partial charge in [-0.1, -0.05) is 0 Å². The minimum Gasteiger partial charge on any atom is -0.302 e. The quantitative estimate of drug-likeness (QED) is 0.383. The molecule has 0 saturated heterocycles. The van der Waals surface area contributed by atoms with Gasteiger partial charge in [-0.3, -0.25) is 0 Å². The molecule has 0 aliphatic rings. The molecule has 62 valence electrons. The van der Waals surface area contributed by atoms with Gasteiger partial charge in [-0.2, -0.15) is 4.31 Å². The van der Waals surface area contributed by atoms with Crippen LogP contribution in [0, 0.1) is 0 Å². The molecule has 0 aliphatic heterocycles. The van der Waals surface area contributed by atoms with E-state index >= 15 is 0 Å². The largest absolute Gasteiger partial charge is 0.478 e. The molecule has 10 heteroatoms. The second-order valence-corrected chi connectivity index (χ2v) is 3.68. The van der Waals surface area contributed by atoms with Gasteiger partial charge < -0.3 is 19.6 Å². The molecule has 0 spiro atoms. The summed E-state index contributed by atoms with van der Waals surface area (Å²) in [6.45, 7) is 0. The second-order valence-electron chi connectivity index (χ2n) is 1.06. The van der Waals surface area contributed by atoms with Gasteiger partial charge in [0.1, 0.15) is 0 Å². The molecule has 0 aromatic heterocycles. The van der Waals surface area contributed by atoms with E-state index in [-0.39, 0.29) is 21.1 Å². The molecule has 10 heavy (non-hydrogen) atoms. The predicted molar refractivity (Wildman–Crippen MR) is 25.2 cm³/mol. The van der Waals surface area contributed by atoms with Gasteiger partial charge in [0.25, 0.3) is 0 Å². The van der Waals surface area contributed by atoms with Crippen molar-refractivity contribution in [3.63, 3.8) is 0 Å². The summed E-state index contributed by atoms with van der Waals surface area (Å²) in [7, 11) is -10.1. The fourth-order valence-electron chi connectivity index (χ4n) is 0.139. The van der Waals surface area contributed by atoms with E-state index in [2.05, 4.69) is 4.31 Å². The topological polar surface area (TPSA) is 124 Å². The Bertz CT molecular complexity index is 152. The van der Waals surface area contributed by atoms with E-state index in [1.807, 2.05) is 0 Å². The van der Waals surface area contributed by atoms with Crippen LogP contribution in [0.2, 0.25) is 0 Å². The third-order valence-corrected chi connectivity index (χ3v) is 1.91. The smallest absolute Gasteiger partial charge is 0.302 e. The second kappa shape index (κ2) is 4.09. The molecule has 0 atom stereocenters. The Kier molecular flexibility index (Phi) is 5.54. The molecule has 0 saturated carbocycles. The van der Waals surface area contributed by atoms with Crippen LogP contribution in [0.1, 0.15) is 0 Å². The van der Waals surface area contributed by atoms with Gasteiger partial charge >= 0.3 is 15.6 Å². The summed E-state index contributed by atoms with van der Waals surface area (Å²) in [5, 5.41) is 0. The van der Waals surface area contributed by atoms with Crippen molar-refractivity contribution < 1.29 is 54.1 Å². The van der Waals surface area contributed by atoms with Crippen LogP contribution < -0.4 is 0 Å². The van der Waals surface area contributed by atoms with Crippen molar-refractivity contribution in [2.45, 2.75) is 0 Å². The van der Waals surface area contributed by atoms with Crippen molar-refractivity contribution in [1.29, 1.82) is 0 Å². The Labute approximate surface area is 70.2 Å². The Hall–Kier alpha value is 0.948. The van der Waals surface area contributed by atoms with Crippen molar-refractivity contribution in [1.82, 2.24) is 0 Å². The normalized spacial score (nSPS) is 12.4. The summed E-state index contributed by atoms with van der Waals surface area (Å²) in [5.41, 5.74) is 0. The summed E-state index contributed by atoms with van der Waals surface area (Å²) < 4.78 is 22.2. The van der Waals surface area contributed by atoms with Gasteiger partial charge in [0, 0.05) is 21.1 Å². The third-order valence-electron chi connectivity index (χ3n) is 0.213. The van der Waals surface area contributed by atoms with Crippen molar-refractivity contribution in [3.05, 3.63) is 0 Å². The molecule has 0 unspecified atom stereocenters. The van der Waals surface area contributed by atoms with Gasteiger partial charge in [0.05, 0.1) is 0 Å². The standard InChI is InChI=1S/Mo.H4O7P2/c;1-8(2,3)7-9(4,5)6/h;(H2,1,2,3)(H2,4,5,6). The van der Waals surface area contributed by atoms with Crippen LogP contribution in [0.3, 0.4) is 0 Å². The SMILES string of the molecule is O=P(O)(O)OP(=O)(O)O.[Mo]. The number of phosphoric acid groups is 2. The molecule has 0 rings (SSSR count). The fraction of sp³-hybridized carbons (Fsp3) is 0. The van der Waals surface area contributed by atoms with Crippen molar-refractivity contribution in [2.24, 2.45) is 0 Å². The maximum Gasteiger partial charge on any atom is 0.478 e. The van der Waals surface area contributed by atoms with Gasteiger partial charge in [-0.15, -0.1) is 0 Å². The molecule has 4 N–H and O–H groups in total. The molecule has 0 aromatic carbocycles. The van der Waals surface area contributed by atoms with Crippen LogP contribution in [-0.2, 0) is 34.5 Å². The van der Waals surface area contributed by atoms with E-state index in [0.717, 1.165) is 0 Å². The molecule has 0 bridgehead atoms. The number of hydrogen-bond donors (Lipinski definition) is 4. The molecule has 0 amide bonds.